The second-order valence-corrected chi connectivity index (χ2v) is 6.84. The maximum absolute atomic E-state index is 4.56. The van der Waals surface area contributed by atoms with Crippen molar-refractivity contribution in [3.63, 3.8) is 0 Å². The highest BCUT2D eigenvalue weighted by Crippen LogP contribution is 2.19. The summed E-state index contributed by atoms with van der Waals surface area (Å²) in [4.78, 5) is 4.56. The molecule has 0 aliphatic heterocycles. The Bertz CT molecular complexity index is 1070. The maximum atomic E-state index is 4.56. The summed E-state index contributed by atoms with van der Waals surface area (Å²) in [5, 5.41) is 6.81. The van der Waals surface area contributed by atoms with Crippen LogP contribution >= 0.6 is 22.6 Å². The molecule has 0 aliphatic carbocycles. The Morgan fingerprint density at radius 3 is 2.79 bits per heavy atom. The van der Waals surface area contributed by atoms with Crippen LogP contribution in [0, 0.1) is 10.5 Å². The number of halogens is 1. The molecule has 4 nitrogen and oxygen atoms in total. The first-order valence-corrected chi connectivity index (χ1v) is 8.71. The second-order valence-electron chi connectivity index (χ2n) is 5.59. The van der Waals surface area contributed by atoms with Gasteiger partial charge in [0.25, 0.3) is 0 Å². The SMILES string of the molecule is Cc1nc2ccc(I)cn2c1/C=N\Nc1ccc2ccccc2c1. The van der Waals surface area contributed by atoms with Crippen molar-refractivity contribution in [3.05, 3.63) is 75.8 Å². The number of fused-ring (bicyclic) bond motifs is 2. The van der Waals surface area contributed by atoms with Crippen molar-refractivity contribution in [1.29, 1.82) is 0 Å². The Morgan fingerprint density at radius 1 is 1.08 bits per heavy atom. The summed E-state index contributed by atoms with van der Waals surface area (Å²) in [5.41, 5.74) is 6.95. The fourth-order valence-corrected chi connectivity index (χ4v) is 3.20. The van der Waals surface area contributed by atoms with Gasteiger partial charge in [0, 0.05) is 9.77 Å². The topological polar surface area (TPSA) is 41.7 Å². The quantitative estimate of drug-likeness (QED) is 0.289. The molecule has 0 atom stereocenters. The Labute approximate surface area is 153 Å². The van der Waals surface area contributed by atoms with Crippen molar-refractivity contribution in [2.75, 3.05) is 5.43 Å². The van der Waals surface area contributed by atoms with Crippen molar-refractivity contribution in [1.82, 2.24) is 9.38 Å². The standard InChI is InChI=1S/C19H15IN4/c1-13-18(24-12-16(20)7-9-19(24)22-13)11-21-23-17-8-6-14-4-2-3-5-15(14)10-17/h2-12,23H,1H3/b21-11-. The number of pyridine rings is 1. The lowest BCUT2D eigenvalue weighted by molar-refractivity contribution is 1.15. The van der Waals surface area contributed by atoms with E-state index in [9.17, 15) is 0 Å². The summed E-state index contributed by atoms with van der Waals surface area (Å²) < 4.78 is 3.22. The molecule has 118 valence electrons. The van der Waals surface area contributed by atoms with Crippen LogP contribution in [0.5, 0.6) is 0 Å². The molecule has 24 heavy (non-hydrogen) atoms. The predicted octanol–water partition coefficient (Wildman–Crippen LogP) is 4.85. The molecule has 5 heteroatoms. The molecule has 0 saturated carbocycles. The maximum Gasteiger partial charge on any atom is 0.137 e. The first-order valence-electron chi connectivity index (χ1n) is 7.63. The number of anilines is 1. The summed E-state index contributed by atoms with van der Waals surface area (Å²) in [7, 11) is 0. The highest BCUT2D eigenvalue weighted by atomic mass is 127. The summed E-state index contributed by atoms with van der Waals surface area (Å²) >= 11 is 2.30. The number of hydrogen-bond acceptors (Lipinski definition) is 3. The van der Waals surface area contributed by atoms with Gasteiger partial charge in [0.2, 0.25) is 0 Å². The average Bonchev–Trinajstić information content (AvgIpc) is 2.90. The Kier molecular flexibility index (Phi) is 3.93. The van der Waals surface area contributed by atoms with E-state index in [1.54, 1.807) is 0 Å². The molecule has 4 aromatic rings. The van der Waals surface area contributed by atoms with Gasteiger partial charge in [0.05, 0.1) is 23.3 Å². The minimum atomic E-state index is 0.931. The Balaban J connectivity index is 1.63. The lowest BCUT2D eigenvalue weighted by atomic mass is 10.1. The van der Waals surface area contributed by atoms with E-state index in [0.717, 1.165) is 26.3 Å². The van der Waals surface area contributed by atoms with E-state index >= 15 is 0 Å². The first kappa shape index (κ1) is 15.1. The molecular formula is C19H15IN4. The lowest BCUT2D eigenvalue weighted by Crippen LogP contribution is -1.96. The predicted molar refractivity (Wildman–Crippen MR) is 108 cm³/mol. The molecule has 2 aromatic carbocycles. The zero-order valence-corrected chi connectivity index (χ0v) is 15.2. The minimum absolute atomic E-state index is 0.931. The number of hydrogen-bond donors (Lipinski definition) is 1. The summed E-state index contributed by atoms with van der Waals surface area (Å²) in [6, 6.07) is 18.6. The van der Waals surface area contributed by atoms with Gasteiger partial charge in [0.15, 0.2) is 0 Å². The molecule has 0 bridgehead atoms. The van der Waals surface area contributed by atoms with Gasteiger partial charge in [-0.25, -0.2) is 4.98 Å². The molecule has 1 N–H and O–H groups in total. The molecule has 0 spiro atoms. The van der Waals surface area contributed by atoms with Crippen LogP contribution in [0.15, 0.2) is 65.9 Å². The number of aryl methyl sites for hydroxylation is 1. The molecule has 2 aromatic heterocycles. The Hall–Kier alpha value is -2.41. The van der Waals surface area contributed by atoms with Crippen molar-refractivity contribution >= 4 is 50.9 Å². The molecule has 2 heterocycles. The average molecular weight is 426 g/mol. The normalized spacial score (nSPS) is 11.6. The molecule has 0 radical (unpaired) electrons. The molecule has 0 fully saturated rings. The first-order chi connectivity index (χ1) is 11.7. The zero-order chi connectivity index (χ0) is 16.5. The van der Waals surface area contributed by atoms with Crippen molar-refractivity contribution in [3.8, 4) is 0 Å². The molecule has 0 unspecified atom stereocenters. The number of imidazole rings is 1. The fraction of sp³-hybridized carbons (Fsp3) is 0.0526. The monoisotopic (exact) mass is 426 g/mol. The smallest absolute Gasteiger partial charge is 0.137 e. The van der Waals surface area contributed by atoms with Crippen LogP contribution in [0.4, 0.5) is 5.69 Å². The van der Waals surface area contributed by atoms with Crippen LogP contribution in [0.2, 0.25) is 0 Å². The third-order valence-corrected chi connectivity index (χ3v) is 4.57. The lowest BCUT2D eigenvalue weighted by Gasteiger charge is -2.03. The third-order valence-electron chi connectivity index (χ3n) is 3.93. The van der Waals surface area contributed by atoms with E-state index in [-0.39, 0.29) is 0 Å². The van der Waals surface area contributed by atoms with E-state index < -0.39 is 0 Å². The fourth-order valence-electron chi connectivity index (χ4n) is 2.74. The van der Waals surface area contributed by atoms with Crippen LogP contribution in [-0.4, -0.2) is 15.6 Å². The van der Waals surface area contributed by atoms with E-state index in [4.69, 9.17) is 0 Å². The van der Waals surface area contributed by atoms with Crippen molar-refractivity contribution in [2.45, 2.75) is 6.92 Å². The van der Waals surface area contributed by atoms with E-state index in [0.29, 0.717) is 0 Å². The van der Waals surface area contributed by atoms with Crippen LogP contribution < -0.4 is 5.43 Å². The van der Waals surface area contributed by atoms with Gasteiger partial charge in [-0.05, 0) is 64.6 Å². The summed E-state index contributed by atoms with van der Waals surface area (Å²) in [6.45, 7) is 2.00. The summed E-state index contributed by atoms with van der Waals surface area (Å²) in [6.07, 6.45) is 3.88. The zero-order valence-electron chi connectivity index (χ0n) is 13.1. The van der Waals surface area contributed by atoms with Crippen LogP contribution in [0.25, 0.3) is 16.4 Å². The number of benzene rings is 2. The van der Waals surface area contributed by atoms with Gasteiger partial charge in [-0.1, -0.05) is 30.3 Å². The number of aromatic nitrogens is 2. The molecule has 0 amide bonds. The van der Waals surface area contributed by atoms with Gasteiger partial charge in [-0.15, -0.1) is 0 Å². The number of nitrogens with one attached hydrogen (secondary N) is 1. The van der Waals surface area contributed by atoms with E-state index in [1.807, 2.05) is 37.4 Å². The Morgan fingerprint density at radius 2 is 1.92 bits per heavy atom. The van der Waals surface area contributed by atoms with Crippen LogP contribution in [-0.2, 0) is 0 Å². The van der Waals surface area contributed by atoms with Gasteiger partial charge in [-0.3, -0.25) is 9.83 Å². The van der Waals surface area contributed by atoms with E-state index in [2.05, 4.69) is 79.0 Å². The molecular weight excluding hydrogens is 411 g/mol. The molecule has 4 rings (SSSR count). The molecule has 0 aliphatic rings. The highest BCUT2D eigenvalue weighted by Gasteiger charge is 2.06. The van der Waals surface area contributed by atoms with Gasteiger partial charge < -0.3 is 0 Å². The molecule has 0 saturated heterocycles. The van der Waals surface area contributed by atoms with E-state index in [1.165, 1.54) is 10.8 Å². The number of hydrazone groups is 1. The largest absolute Gasteiger partial charge is 0.297 e. The van der Waals surface area contributed by atoms with Gasteiger partial charge >= 0.3 is 0 Å². The highest BCUT2D eigenvalue weighted by molar-refractivity contribution is 14.1. The van der Waals surface area contributed by atoms with Crippen LogP contribution in [0.1, 0.15) is 11.4 Å². The second kappa shape index (κ2) is 6.24. The van der Waals surface area contributed by atoms with Crippen molar-refractivity contribution in [2.24, 2.45) is 5.10 Å². The number of nitrogens with zero attached hydrogens (tertiary/aromatic N) is 3. The summed E-state index contributed by atoms with van der Waals surface area (Å²) in [5.74, 6) is 0. The third kappa shape index (κ3) is 2.87. The number of rotatable bonds is 3. The van der Waals surface area contributed by atoms with Crippen LogP contribution in [0.3, 0.4) is 0 Å². The van der Waals surface area contributed by atoms with Gasteiger partial charge in [-0.2, -0.15) is 5.10 Å². The minimum Gasteiger partial charge on any atom is -0.297 e. The van der Waals surface area contributed by atoms with Crippen molar-refractivity contribution < 1.29 is 0 Å². The van der Waals surface area contributed by atoms with Gasteiger partial charge in [0.1, 0.15) is 5.65 Å².